The summed E-state index contributed by atoms with van der Waals surface area (Å²) in [7, 11) is -3.32. The molecule has 0 spiro atoms. The fourth-order valence-electron chi connectivity index (χ4n) is 2.84. The molecule has 1 saturated heterocycles. The number of pyridine rings is 1. The molecule has 9 heteroatoms. The van der Waals surface area contributed by atoms with Crippen LogP contribution in [0.3, 0.4) is 0 Å². The van der Waals surface area contributed by atoms with Gasteiger partial charge >= 0.3 is 0 Å². The number of guanidine groups is 1. The van der Waals surface area contributed by atoms with Crippen molar-refractivity contribution in [2.45, 2.75) is 33.7 Å². The van der Waals surface area contributed by atoms with E-state index in [-0.39, 0.29) is 18.3 Å². The molecule has 0 amide bonds. The fraction of sp³-hybridized carbons (Fsp3) is 0.684. The summed E-state index contributed by atoms with van der Waals surface area (Å²) in [5, 5.41) is 6.50. The molecule has 1 aromatic heterocycles. The first kappa shape index (κ1) is 22.4. The van der Waals surface area contributed by atoms with Crippen LogP contribution < -0.4 is 15.5 Å². The van der Waals surface area contributed by atoms with Gasteiger partial charge in [0, 0.05) is 45.0 Å². The van der Waals surface area contributed by atoms with E-state index in [4.69, 9.17) is 0 Å². The van der Waals surface area contributed by atoms with Gasteiger partial charge in [-0.15, -0.1) is 0 Å². The van der Waals surface area contributed by atoms with Crippen LogP contribution in [0.4, 0.5) is 5.82 Å². The van der Waals surface area contributed by atoms with E-state index < -0.39 is 10.0 Å². The SMILES string of the molecule is CCNC(=NCCS(=O)(=O)N1CCN(c2ccccn2)CC1)NC(C)C(C)C. The molecule has 28 heavy (non-hydrogen) atoms. The maximum atomic E-state index is 12.7. The summed E-state index contributed by atoms with van der Waals surface area (Å²) in [5.41, 5.74) is 0. The summed E-state index contributed by atoms with van der Waals surface area (Å²) in [5.74, 6) is 2.04. The molecule has 1 aromatic rings. The zero-order valence-electron chi connectivity index (χ0n) is 17.4. The van der Waals surface area contributed by atoms with Gasteiger partial charge in [0.1, 0.15) is 5.82 Å². The van der Waals surface area contributed by atoms with Crippen LogP contribution in [-0.4, -0.2) is 74.7 Å². The maximum absolute atomic E-state index is 12.7. The first-order chi connectivity index (χ1) is 13.3. The average molecular weight is 411 g/mol. The van der Waals surface area contributed by atoms with Gasteiger partial charge in [-0.2, -0.15) is 4.31 Å². The predicted octanol–water partition coefficient (Wildman–Crippen LogP) is 1.13. The first-order valence-corrected chi connectivity index (χ1v) is 11.6. The standard InChI is InChI=1S/C19H34N6O2S/c1-5-20-19(23-17(4)16(2)3)22-10-15-28(26,27)25-13-11-24(12-14-25)18-8-6-7-9-21-18/h6-9,16-17H,5,10-15H2,1-4H3,(H2,20,22,23). The Morgan fingerprint density at radius 2 is 1.93 bits per heavy atom. The Morgan fingerprint density at radius 1 is 1.21 bits per heavy atom. The third-order valence-electron chi connectivity index (χ3n) is 4.93. The number of hydrogen-bond acceptors (Lipinski definition) is 5. The number of piperazine rings is 1. The molecule has 158 valence electrons. The number of nitrogens with one attached hydrogen (secondary N) is 2. The summed E-state index contributed by atoms with van der Waals surface area (Å²) in [4.78, 5) is 10.9. The molecule has 2 heterocycles. The molecule has 0 aromatic carbocycles. The molecule has 1 aliphatic heterocycles. The van der Waals surface area contributed by atoms with Crippen molar-refractivity contribution in [2.24, 2.45) is 10.9 Å². The Hall–Kier alpha value is -1.87. The van der Waals surface area contributed by atoms with E-state index in [1.54, 1.807) is 10.5 Å². The van der Waals surface area contributed by atoms with Crippen LogP contribution >= 0.6 is 0 Å². The molecule has 1 atom stereocenters. The van der Waals surface area contributed by atoms with Gasteiger partial charge in [0.15, 0.2) is 5.96 Å². The summed E-state index contributed by atoms with van der Waals surface area (Å²) in [6, 6.07) is 6.03. The molecule has 0 bridgehead atoms. The molecular formula is C19H34N6O2S. The smallest absolute Gasteiger partial charge is 0.216 e. The normalized spacial score (nSPS) is 17.6. The van der Waals surface area contributed by atoms with Crippen molar-refractivity contribution in [3.63, 3.8) is 0 Å². The van der Waals surface area contributed by atoms with Crippen molar-refractivity contribution in [1.29, 1.82) is 0 Å². The number of aliphatic imine (C=N–C) groups is 1. The highest BCUT2D eigenvalue weighted by atomic mass is 32.2. The van der Waals surface area contributed by atoms with Gasteiger partial charge in [-0.3, -0.25) is 4.99 Å². The zero-order valence-corrected chi connectivity index (χ0v) is 18.2. The highest BCUT2D eigenvalue weighted by Crippen LogP contribution is 2.14. The van der Waals surface area contributed by atoms with Gasteiger partial charge in [-0.05, 0) is 31.9 Å². The lowest BCUT2D eigenvalue weighted by Gasteiger charge is -2.34. The minimum atomic E-state index is -3.32. The number of sulfonamides is 1. The number of anilines is 1. The van der Waals surface area contributed by atoms with Gasteiger partial charge in [0.2, 0.25) is 10.0 Å². The van der Waals surface area contributed by atoms with E-state index in [0.29, 0.717) is 38.1 Å². The van der Waals surface area contributed by atoms with Gasteiger partial charge in [0.25, 0.3) is 0 Å². The highest BCUT2D eigenvalue weighted by Gasteiger charge is 2.27. The summed E-state index contributed by atoms with van der Waals surface area (Å²) in [6.07, 6.45) is 1.76. The van der Waals surface area contributed by atoms with Gasteiger partial charge in [0.05, 0.1) is 12.3 Å². The van der Waals surface area contributed by atoms with Crippen molar-refractivity contribution in [1.82, 2.24) is 19.9 Å². The minimum absolute atomic E-state index is 0.0171. The molecule has 1 aliphatic rings. The second-order valence-electron chi connectivity index (χ2n) is 7.33. The lowest BCUT2D eigenvalue weighted by Crippen LogP contribution is -2.50. The van der Waals surface area contributed by atoms with Crippen LogP contribution in [0.15, 0.2) is 29.4 Å². The van der Waals surface area contributed by atoms with E-state index >= 15 is 0 Å². The molecule has 1 fully saturated rings. The topological polar surface area (TPSA) is 89.9 Å². The molecule has 2 N–H and O–H groups in total. The minimum Gasteiger partial charge on any atom is -0.357 e. The largest absolute Gasteiger partial charge is 0.357 e. The summed E-state index contributed by atoms with van der Waals surface area (Å²) >= 11 is 0. The van der Waals surface area contributed by atoms with E-state index in [9.17, 15) is 8.42 Å². The second kappa shape index (κ2) is 10.6. The second-order valence-corrected chi connectivity index (χ2v) is 9.42. The van der Waals surface area contributed by atoms with Crippen LogP contribution in [0.25, 0.3) is 0 Å². The highest BCUT2D eigenvalue weighted by molar-refractivity contribution is 7.89. The van der Waals surface area contributed by atoms with Crippen molar-refractivity contribution >= 4 is 21.8 Å². The van der Waals surface area contributed by atoms with E-state index in [1.165, 1.54) is 0 Å². The third kappa shape index (κ3) is 6.63. The van der Waals surface area contributed by atoms with Gasteiger partial charge in [-0.25, -0.2) is 13.4 Å². The molecule has 0 radical (unpaired) electrons. The quantitative estimate of drug-likeness (QED) is 0.493. The molecule has 2 rings (SSSR count). The monoisotopic (exact) mass is 410 g/mol. The Kier molecular flexibility index (Phi) is 8.50. The lowest BCUT2D eigenvalue weighted by molar-refractivity contribution is 0.384. The van der Waals surface area contributed by atoms with E-state index in [1.807, 2.05) is 25.1 Å². The van der Waals surface area contributed by atoms with Crippen molar-refractivity contribution < 1.29 is 8.42 Å². The number of aromatic nitrogens is 1. The first-order valence-electron chi connectivity index (χ1n) is 10.0. The van der Waals surface area contributed by atoms with Crippen LogP contribution in [0.2, 0.25) is 0 Å². The lowest BCUT2D eigenvalue weighted by atomic mass is 10.1. The Bertz CT molecular complexity index is 715. The van der Waals surface area contributed by atoms with Crippen molar-refractivity contribution in [2.75, 3.05) is 49.9 Å². The Morgan fingerprint density at radius 3 is 2.50 bits per heavy atom. The van der Waals surface area contributed by atoms with Crippen molar-refractivity contribution in [3.05, 3.63) is 24.4 Å². The number of hydrogen-bond donors (Lipinski definition) is 2. The van der Waals surface area contributed by atoms with Crippen LogP contribution in [0, 0.1) is 5.92 Å². The molecule has 1 unspecified atom stereocenters. The number of rotatable bonds is 8. The average Bonchev–Trinajstić information content (AvgIpc) is 2.68. The summed E-state index contributed by atoms with van der Waals surface area (Å²) < 4.78 is 26.9. The van der Waals surface area contributed by atoms with Gasteiger partial charge in [-0.1, -0.05) is 19.9 Å². The molecule has 0 saturated carbocycles. The third-order valence-corrected chi connectivity index (χ3v) is 6.78. The molecular weight excluding hydrogens is 376 g/mol. The molecule has 0 aliphatic carbocycles. The van der Waals surface area contributed by atoms with Crippen LogP contribution in [0.1, 0.15) is 27.7 Å². The Labute approximate surface area is 169 Å². The Balaban J connectivity index is 1.87. The number of nitrogens with zero attached hydrogens (tertiary/aromatic N) is 4. The molecule has 8 nitrogen and oxygen atoms in total. The van der Waals surface area contributed by atoms with E-state index in [0.717, 1.165) is 12.4 Å². The maximum Gasteiger partial charge on any atom is 0.216 e. The van der Waals surface area contributed by atoms with Crippen LogP contribution in [-0.2, 0) is 10.0 Å². The van der Waals surface area contributed by atoms with Crippen molar-refractivity contribution in [3.8, 4) is 0 Å². The fourth-order valence-corrected chi connectivity index (χ4v) is 4.14. The van der Waals surface area contributed by atoms with E-state index in [2.05, 4.69) is 46.3 Å². The van der Waals surface area contributed by atoms with Crippen LogP contribution in [0.5, 0.6) is 0 Å². The van der Waals surface area contributed by atoms with Gasteiger partial charge < -0.3 is 15.5 Å². The predicted molar refractivity (Wildman–Crippen MR) is 115 cm³/mol. The summed E-state index contributed by atoms with van der Waals surface area (Å²) in [6.45, 7) is 11.6. The zero-order chi connectivity index (χ0) is 20.6.